The lowest BCUT2D eigenvalue weighted by Crippen LogP contribution is -2.16. The molecule has 112 valence electrons. The minimum Gasteiger partial charge on any atom is -0.198 e. The molecule has 0 spiro atoms. The first kappa shape index (κ1) is 17.3. The molecule has 2 unspecified atom stereocenters. The number of hydrogen-bond donors (Lipinski definition) is 0. The summed E-state index contributed by atoms with van der Waals surface area (Å²) in [5, 5.41) is 18.1. The second kappa shape index (κ2) is 9.19. The molecule has 0 bridgehead atoms. The number of allylic oxidation sites excluding steroid dienone is 6. The number of rotatable bonds is 6. The van der Waals surface area contributed by atoms with Crippen LogP contribution in [0.4, 0.5) is 0 Å². The average molecular weight is 282 g/mol. The van der Waals surface area contributed by atoms with Crippen LogP contribution in [0.15, 0.2) is 34.9 Å². The molecule has 0 aromatic carbocycles. The molecule has 1 rings (SSSR count). The SMILES string of the molecule is CC(C)=CCCC(C)=CCCC1=CCC(C#N)C(C#N)C1. The highest BCUT2D eigenvalue weighted by Gasteiger charge is 2.25. The Hall–Kier alpha value is -1.80. The number of nitrogens with zero attached hydrogens (tertiary/aromatic N) is 2. The average Bonchev–Trinajstić information content (AvgIpc) is 2.46. The predicted molar refractivity (Wildman–Crippen MR) is 87.2 cm³/mol. The van der Waals surface area contributed by atoms with Gasteiger partial charge in [-0.1, -0.05) is 34.9 Å². The first-order valence-corrected chi connectivity index (χ1v) is 7.83. The van der Waals surface area contributed by atoms with Crippen LogP contribution in [-0.4, -0.2) is 0 Å². The molecule has 0 fully saturated rings. The van der Waals surface area contributed by atoms with E-state index in [4.69, 9.17) is 10.5 Å². The van der Waals surface area contributed by atoms with Crippen LogP contribution in [0.2, 0.25) is 0 Å². The summed E-state index contributed by atoms with van der Waals surface area (Å²) in [5.74, 6) is -0.224. The fraction of sp³-hybridized carbons (Fsp3) is 0.579. The minimum atomic E-state index is -0.113. The molecule has 0 heterocycles. The molecule has 2 atom stereocenters. The Morgan fingerprint density at radius 1 is 1.14 bits per heavy atom. The molecule has 21 heavy (non-hydrogen) atoms. The maximum Gasteiger partial charge on any atom is 0.0673 e. The van der Waals surface area contributed by atoms with Gasteiger partial charge >= 0.3 is 0 Å². The topological polar surface area (TPSA) is 47.6 Å². The van der Waals surface area contributed by atoms with Crippen molar-refractivity contribution in [3.05, 3.63) is 34.9 Å². The van der Waals surface area contributed by atoms with Crippen molar-refractivity contribution in [3.8, 4) is 12.1 Å². The normalized spacial score (nSPS) is 22.0. The van der Waals surface area contributed by atoms with Crippen LogP contribution in [0, 0.1) is 34.5 Å². The lowest BCUT2D eigenvalue weighted by Gasteiger charge is -2.21. The van der Waals surface area contributed by atoms with Crippen molar-refractivity contribution in [1.29, 1.82) is 10.5 Å². The van der Waals surface area contributed by atoms with Crippen molar-refractivity contribution >= 4 is 0 Å². The Labute approximate surface area is 129 Å². The molecular weight excluding hydrogens is 256 g/mol. The van der Waals surface area contributed by atoms with E-state index in [-0.39, 0.29) is 11.8 Å². The van der Waals surface area contributed by atoms with Gasteiger partial charge in [0.15, 0.2) is 0 Å². The van der Waals surface area contributed by atoms with Gasteiger partial charge < -0.3 is 0 Å². The van der Waals surface area contributed by atoms with Crippen molar-refractivity contribution in [1.82, 2.24) is 0 Å². The molecule has 0 aromatic rings. The van der Waals surface area contributed by atoms with Crippen LogP contribution in [0.3, 0.4) is 0 Å². The maximum absolute atomic E-state index is 9.12. The standard InChI is InChI=1S/C19H26N2/c1-15(2)6-4-7-16(3)8-5-9-17-10-11-18(13-20)19(12-17)14-21/h6,8,10,18-19H,4-5,7,9,11-12H2,1-3H3. The van der Waals surface area contributed by atoms with Gasteiger partial charge in [0.1, 0.15) is 0 Å². The number of hydrogen-bond acceptors (Lipinski definition) is 2. The second-order valence-corrected chi connectivity index (χ2v) is 6.18. The van der Waals surface area contributed by atoms with Gasteiger partial charge in [-0.25, -0.2) is 0 Å². The monoisotopic (exact) mass is 282 g/mol. The van der Waals surface area contributed by atoms with Crippen molar-refractivity contribution in [3.63, 3.8) is 0 Å². The lowest BCUT2D eigenvalue weighted by atomic mass is 9.80. The molecule has 0 amide bonds. The summed E-state index contributed by atoms with van der Waals surface area (Å²) in [6.07, 6.45) is 12.6. The van der Waals surface area contributed by atoms with E-state index in [0.717, 1.165) is 38.5 Å². The molecule has 2 nitrogen and oxygen atoms in total. The molecule has 1 aliphatic rings. The molecule has 2 heteroatoms. The summed E-state index contributed by atoms with van der Waals surface area (Å²) >= 11 is 0. The third kappa shape index (κ3) is 6.46. The molecule has 1 aliphatic carbocycles. The van der Waals surface area contributed by atoms with E-state index in [1.807, 2.05) is 0 Å². The van der Waals surface area contributed by atoms with Crippen LogP contribution in [-0.2, 0) is 0 Å². The zero-order valence-corrected chi connectivity index (χ0v) is 13.5. The second-order valence-electron chi connectivity index (χ2n) is 6.18. The van der Waals surface area contributed by atoms with Crippen molar-refractivity contribution in [2.24, 2.45) is 11.8 Å². The highest BCUT2D eigenvalue weighted by Crippen LogP contribution is 2.31. The van der Waals surface area contributed by atoms with E-state index in [2.05, 4.69) is 51.1 Å². The van der Waals surface area contributed by atoms with Crippen molar-refractivity contribution < 1.29 is 0 Å². The lowest BCUT2D eigenvalue weighted by molar-refractivity contribution is 0.464. The Morgan fingerprint density at radius 3 is 2.48 bits per heavy atom. The summed E-state index contributed by atoms with van der Waals surface area (Å²) < 4.78 is 0. The van der Waals surface area contributed by atoms with Gasteiger partial charge in [-0.15, -0.1) is 0 Å². The largest absolute Gasteiger partial charge is 0.198 e. The van der Waals surface area contributed by atoms with Crippen molar-refractivity contribution in [2.75, 3.05) is 0 Å². The minimum absolute atomic E-state index is 0.111. The molecule has 0 aromatic heterocycles. The Kier molecular flexibility index (Phi) is 7.55. The first-order valence-electron chi connectivity index (χ1n) is 7.83. The summed E-state index contributed by atoms with van der Waals surface area (Å²) in [6, 6.07) is 4.53. The Balaban J connectivity index is 2.39. The quantitative estimate of drug-likeness (QED) is 0.607. The van der Waals surface area contributed by atoms with Crippen LogP contribution in [0.1, 0.15) is 59.3 Å². The van der Waals surface area contributed by atoms with Gasteiger partial charge in [-0.2, -0.15) is 10.5 Å². The van der Waals surface area contributed by atoms with Gasteiger partial charge in [0.25, 0.3) is 0 Å². The van der Waals surface area contributed by atoms with E-state index < -0.39 is 0 Å². The Bertz CT molecular complexity index is 505. The third-order valence-electron chi connectivity index (χ3n) is 4.01. The van der Waals surface area contributed by atoms with Crippen LogP contribution in [0.25, 0.3) is 0 Å². The van der Waals surface area contributed by atoms with E-state index in [0.29, 0.717) is 0 Å². The fourth-order valence-electron chi connectivity index (χ4n) is 2.64. The van der Waals surface area contributed by atoms with Crippen molar-refractivity contribution in [2.45, 2.75) is 59.3 Å². The molecule has 0 saturated heterocycles. The van der Waals surface area contributed by atoms with Crippen LogP contribution < -0.4 is 0 Å². The Morgan fingerprint density at radius 2 is 1.86 bits per heavy atom. The van der Waals surface area contributed by atoms with Gasteiger partial charge in [0.05, 0.1) is 24.0 Å². The molecule has 0 saturated carbocycles. The van der Waals surface area contributed by atoms with E-state index in [1.165, 1.54) is 16.7 Å². The highest BCUT2D eigenvalue weighted by molar-refractivity contribution is 5.17. The summed E-state index contributed by atoms with van der Waals surface area (Å²) in [4.78, 5) is 0. The van der Waals surface area contributed by atoms with Crippen LogP contribution in [0.5, 0.6) is 0 Å². The van der Waals surface area contributed by atoms with Gasteiger partial charge in [-0.05, 0) is 59.3 Å². The van der Waals surface area contributed by atoms with Gasteiger partial charge in [0, 0.05) is 0 Å². The maximum atomic E-state index is 9.12. The summed E-state index contributed by atoms with van der Waals surface area (Å²) in [7, 11) is 0. The molecular formula is C19H26N2. The van der Waals surface area contributed by atoms with E-state index >= 15 is 0 Å². The highest BCUT2D eigenvalue weighted by atomic mass is 14.4. The summed E-state index contributed by atoms with van der Waals surface area (Å²) in [6.45, 7) is 6.46. The van der Waals surface area contributed by atoms with E-state index in [9.17, 15) is 0 Å². The smallest absolute Gasteiger partial charge is 0.0673 e. The zero-order valence-electron chi connectivity index (χ0n) is 13.5. The summed E-state index contributed by atoms with van der Waals surface area (Å²) in [5.41, 5.74) is 4.17. The third-order valence-corrected chi connectivity index (χ3v) is 4.01. The van der Waals surface area contributed by atoms with E-state index in [1.54, 1.807) is 0 Å². The fourth-order valence-corrected chi connectivity index (χ4v) is 2.64. The number of nitriles is 2. The molecule has 0 radical (unpaired) electrons. The van der Waals surface area contributed by atoms with Crippen LogP contribution >= 0.6 is 0 Å². The van der Waals surface area contributed by atoms with Gasteiger partial charge in [-0.3, -0.25) is 0 Å². The molecule has 0 N–H and O–H groups in total. The molecule has 0 aliphatic heterocycles. The predicted octanol–water partition coefficient (Wildman–Crippen LogP) is 5.46. The van der Waals surface area contributed by atoms with Gasteiger partial charge in [0.2, 0.25) is 0 Å². The zero-order chi connectivity index (χ0) is 15.7. The first-order chi connectivity index (χ1) is 10.1.